The zero-order chi connectivity index (χ0) is 23.5. The number of para-hydroxylation sites is 1. The molecule has 0 bridgehead atoms. The second kappa shape index (κ2) is 9.12. The minimum Gasteiger partial charge on any atom is -0.454 e. The maximum atomic E-state index is 13.6. The Morgan fingerprint density at radius 2 is 1.91 bits per heavy atom. The van der Waals surface area contributed by atoms with Crippen LogP contribution in [0.5, 0.6) is 11.5 Å². The SMILES string of the molecule is N#C/C(=C\c1cn(Cc2cccc(F)c2)c2ccccc12)C(=O)NCc1ccc2c(c1)OCO2. The summed E-state index contributed by atoms with van der Waals surface area (Å²) in [5.41, 5.74) is 3.31. The van der Waals surface area contributed by atoms with Crippen LogP contribution >= 0.6 is 0 Å². The second-order valence-electron chi connectivity index (χ2n) is 7.90. The predicted molar refractivity (Wildman–Crippen MR) is 125 cm³/mol. The van der Waals surface area contributed by atoms with Crippen LogP contribution in [0.25, 0.3) is 17.0 Å². The van der Waals surface area contributed by atoms with E-state index in [9.17, 15) is 14.4 Å². The summed E-state index contributed by atoms with van der Waals surface area (Å²) in [4.78, 5) is 12.8. The van der Waals surface area contributed by atoms with Crippen molar-refractivity contribution in [2.24, 2.45) is 0 Å². The minimum atomic E-state index is -0.470. The summed E-state index contributed by atoms with van der Waals surface area (Å²) in [6.45, 7) is 0.888. The molecule has 2 heterocycles. The number of nitrogens with zero attached hydrogens (tertiary/aromatic N) is 2. The molecule has 7 heteroatoms. The highest BCUT2D eigenvalue weighted by atomic mass is 19.1. The summed E-state index contributed by atoms with van der Waals surface area (Å²) in [6.07, 6.45) is 3.46. The molecule has 0 radical (unpaired) electrons. The van der Waals surface area contributed by atoms with E-state index in [-0.39, 0.29) is 24.7 Å². The normalized spacial score (nSPS) is 12.5. The van der Waals surface area contributed by atoms with Gasteiger partial charge >= 0.3 is 0 Å². The number of aromatic nitrogens is 1. The molecular weight excluding hydrogens is 433 g/mol. The topological polar surface area (TPSA) is 76.3 Å². The molecule has 0 unspecified atom stereocenters. The number of nitriles is 1. The third-order valence-corrected chi connectivity index (χ3v) is 5.62. The first kappa shape index (κ1) is 21.3. The van der Waals surface area contributed by atoms with Crippen molar-refractivity contribution in [2.45, 2.75) is 13.1 Å². The molecule has 1 aliphatic heterocycles. The monoisotopic (exact) mass is 453 g/mol. The van der Waals surface area contributed by atoms with Gasteiger partial charge in [0.05, 0.1) is 0 Å². The van der Waals surface area contributed by atoms with Crippen LogP contribution in [-0.2, 0) is 17.9 Å². The molecule has 5 rings (SSSR count). The fourth-order valence-electron chi connectivity index (χ4n) is 3.99. The van der Waals surface area contributed by atoms with Crippen molar-refractivity contribution in [1.29, 1.82) is 5.26 Å². The first-order valence-corrected chi connectivity index (χ1v) is 10.7. The Labute approximate surface area is 195 Å². The van der Waals surface area contributed by atoms with E-state index >= 15 is 0 Å². The highest BCUT2D eigenvalue weighted by Crippen LogP contribution is 2.32. The molecular formula is C27H20FN3O3. The molecule has 1 N–H and O–H groups in total. The molecule has 0 atom stereocenters. The minimum absolute atomic E-state index is 0.00518. The van der Waals surface area contributed by atoms with Gasteiger partial charge in [-0.15, -0.1) is 0 Å². The Kier molecular flexibility index (Phi) is 5.71. The molecule has 6 nitrogen and oxygen atoms in total. The van der Waals surface area contributed by atoms with Crippen LogP contribution in [0.2, 0.25) is 0 Å². The van der Waals surface area contributed by atoms with E-state index in [1.807, 2.05) is 53.2 Å². The number of nitrogens with one attached hydrogen (secondary N) is 1. The van der Waals surface area contributed by atoms with Crippen LogP contribution in [0, 0.1) is 17.1 Å². The average Bonchev–Trinajstić information content (AvgIpc) is 3.45. The average molecular weight is 453 g/mol. The van der Waals surface area contributed by atoms with Crippen molar-refractivity contribution in [3.63, 3.8) is 0 Å². The van der Waals surface area contributed by atoms with Crippen molar-refractivity contribution in [3.8, 4) is 17.6 Å². The van der Waals surface area contributed by atoms with E-state index in [4.69, 9.17) is 9.47 Å². The van der Waals surface area contributed by atoms with E-state index in [2.05, 4.69) is 5.32 Å². The predicted octanol–water partition coefficient (Wildman–Crippen LogP) is 4.78. The highest BCUT2D eigenvalue weighted by molar-refractivity contribution is 6.04. The van der Waals surface area contributed by atoms with Crippen molar-refractivity contribution in [1.82, 2.24) is 9.88 Å². The lowest BCUT2D eigenvalue weighted by Gasteiger charge is -2.06. The van der Waals surface area contributed by atoms with Crippen molar-refractivity contribution in [2.75, 3.05) is 6.79 Å². The summed E-state index contributed by atoms with van der Waals surface area (Å²) in [5, 5.41) is 13.3. The highest BCUT2D eigenvalue weighted by Gasteiger charge is 2.15. The molecule has 168 valence electrons. The molecule has 3 aromatic carbocycles. The van der Waals surface area contributed by atoms with Crippen LogP contribution in [0.3, 0.4) is 0 Å². The quantitative estimate of drug-likeness (QED) is 0.337. The van der Waals surface area contributed by atoms with E-state index in [0.717, 1.165) is 27.6 Å². The van der Waals surface area contributed by atoms with Gasteiger partial charge in [-0.2, -0.15) is 5.26 Å². The number of amides is 1. The van der Waals surface area contributed by atoms with E-state index in [1.54, 1.807) is 24.3 Å². The van der Waals surface area contributed by atoms with Crippen molar-refractivity contribution < 1.29 is 18.7 Å². The molecule has 4 aromatic rings. The number of carbonyl (C=O) groups excluding carboxylic acids is 1. The van der Waals surface area contributed by atoms with Crippen LogP contribution in [0.4, 0.5) is 4.39 Å². The molecule has 0 fully saturated rings. The Balaban J connectivity index is 1.38. The summed E-state index contributed by atoms with van der Waals surface area (Å²) < 4.78 is 26.3. The summed E-state index contributed by atoms with van der Waals surface area (Å²) in [5.74, 6) is 0.540. The number of hydrogen-bond acceptors (Lipinski definition) is 4. The lowest BCUT2D eigenvalue weighted by atomic mass is 10.1. The molecule has 1 amide bonds. The zero-order valence-electron chi connectivity index (χ0n) is 18.1. The number of carbonyl (C=O) groups is 1. The zero-order valence-corrected chi connectivity index (χ0v) is 18.1. The molecule has 34 heavy (non-hydrogen) atoms. The van der Waals surface area contributed by atoms with Crippen LogP contribution in [0.15, 0.2) is 78.5 Å². The third-order valence-electron chi connectivity index (χ3n) is 5.62. The molecule has 0 spiro atoms. The van der Waals surface area contributed by atoms with Gasteiger partial charge in [-0.1, -0.05) is 36.4 Å². The first-order chi connectivity index (χ1) is 16.6. The third kappa shape index (κ3) is 4.34. The lowest BCUT2D eigenvalue weighted by Crippen LogP contribution is -2.23. The number of ether oxygens (including phenoxy) is 2. The van der Waals surface area contributed by atoms with Gasteiger partial charge in [-0.3, -0.25) is 4.79 Å². The maximum absolute atomic E-state index is 13.6. The molecule has 0 saturated heterocycles. The van der Waals surface area contributed by atoms with Gasteiger partial charge in [-0.05, 0) is 47.5 Å². The fourth-order valence-corrected chi connectivity index (χ4v) is 3.99. The maximum Gasteiger partial charge on any atom is 0.262 e. The van der Waals surface area contributed by atoms with Crippen molar-refractivity contribution >= 4 is 22.9 Å². The van der Waals surface area contributed by atoms with Gasteiger partial charge in [0.25, 0.3) is 5.91 Å². The first-order valence-electron chi connectivity index (χ1n) is 10.7. The van der Waals surface area contributed by atoms with Crippen LogP contribution < -0.4 is 14.8 Å². The standard InChI is InChI=1S/C27H20FN3O3/c28-22-5-3-4-19(10-22)15-31-16-21(23-6-1-2-7-24(23)31)12-20(13-29)27(32)30-14-18-8-9-25-26(11-18)34-17-33-25/h1-12,16H,14-15,17H2,(H,30,32)/b20-12+. The van der Waals surface area contributed by atoms with E-state index < -0.39 is 5.91 Å². The van der Waals surface area contributed by atoms with Gasteiger partial charge in [-0.25, -0.2) is 4.39 Å². The Morgan fingerprint density at radius 3 is 2.76 bits per heavy atom. The van der Waals surface area contributed by atoms with Gasteiger partial charge < -0.3 is 19.4 Å². The number of fused-ring (bicyclic) bond motifs is 2. The molecule has 1 aliphatic rings. The van der Waals surface area contributed by atoms with E-state index in [1.165, 1.54) is 12.1 Å². The number of halogens is 1. The van der Waals surface area contributed by atoms with Crippen LogP contribution in [0.1, 0.15) is 16.7 Å². The largest absolute Gasteiger partial charge is 0.454 e. The molecule has 0 saturated carbocycles. The Hall–Kier alpha value is -4.57. The molecule has 1 aromatic heterocycles. The van der Waals surface area contributed by atoms with Crippen molar-refractivity contribution in [3.05, 3.63) is 101 Å². The van der Waals surface area contributed by atoms with Gasteiger partial charge in [0.15, 0.2) is 11.5 Å². The van der Waals surface area contributed by atoms with Crippen LogP contribution in [-0.4, -0.2) is 17.3 Å². The molecule has 0 aliphatic carbocycles. The summed E-state index contributed by atoms with van der Waals surface area (Å²) in [7, 11) is 0. The summed E-state index contributed by atoms with van der Waals surface area (Å²) >= 11 is 0. The van der Waals surface area contributed by atoms with Gasteiger partial charge in [0, 0.05) is 35.8 Å². The second-order valence-corrected chi connectivity index (χ2v) is 7.90. The smallest absolute Gasteiger partial charge is 0.262 e. The number of hydrogen-bond donors (Lipinski definition) is 1. The Morgan fingerprint density at radius 1 is 1.06 bits per heavy atom. The van der Waals surface area contributed by atoms with Gasteiger partial charge in [0.1, 0.15) is 17.5 Å². The lowest BCUT2D eigenvalue weighted by molar-refractivity contribution is -0.117. The number of rotatable bonds is 6. The van der Waals surface area contributed by atoms with Gasteiger partial charge in [0.2, 0.25) is 6.79 Å². The fraction of sp³-hybridized carbons (Fsp3) is 0.111. The van der Waals surface area contributed by atoms with E-state index in [0.29, 0.717) is 18.0 Å². The Bertz CT molecular complexity index is 1470. The number of benzene rings is 3. The summed E-state index contributed by atoms with van der Waals surface area (Å²) in [6, 6.07) is 21.6.